The van der Waals surface area contributed by atoms with E-state index in [4.69, 9.17) is 4.74 Å². The minimum atomic E-state index is -0.817. The molecule has 5 aliphatic rings. The van der Waals surface area contributed by atoms with Crippen molar-refractivity contribution in [1.82, 2.24) is 9.80 Å². The molecule has 5 atom stereocenters. The zero-order valence-electron chi connectivity index (χ0n) is 21.8. The third-order valence-corrected chi connectivity index (χ3v) is 10.0. The molecule has 5 nitrogen and oxygen atoms in total. The molecule has 0 aromatic heterocycles. The molecule has 2 aromatic rings. The minimum Gasteiger partial charge on any atom is -0.504 e. The smallest absolute Gasteiger partial charge is 0.165 e. The molecule has 0 unspecified atom stereocenters. The highest BCUT2D eigenvalue weighted by Gasteiger charge is 2.73. The molecule has 1 spiro atoms. The summed E-state index contributed by atoms with van der Waals surface area (Å²) < 4.78 is 6.81. The zero-order chi connectivity index (χ0) is 23.9. The Kier molecular flexibility index (Phi) is 7.03. The quantitative estimate of drug-likeness (QED) is 0.529. The van der Waals surface area contributed by atoms with Gasteiger partial charge >= 0.3 is 0 Å². The van der Waals surface area contributed by atoms with Crippen LogP contribution in [0.3, 0.4) is 0 Å². The van der Waals surface area contributed by atoms with E-state index in [1.165, 1.54) is 24.0 Å². The lowest BCUT2D eigenvalue weighted by molar-refractivity contribution is -0.203. The predicted molar refractivity (Wildman–Crippen MR) is 150 cm³/mol. The maximum absolute atomic E-state index is 12.7. The monoisotopic (exact) mass is 546 g/mol. The SMILES string of the molecule is CC(C)N(Cc1ccccc1)[C@@H]1CC[C@@]2(O)[C@H]3Cc4ccc(O)c5c4[C@@]2(CCN3CC2CC2)[C@H]1O5.Cl.Cl. The summed E-state index contributed by atoms with van der Waals surface area (Å²) in [6.45, 7) is 7.53. The van der Waals surface area contributed by atoms with Gasteiger partial charge < -0.3 is 14.9 Å². The van der Waals surface area contributed by atoms with E-state index in [0.717, 1.165) is 56.8 Å². The number of nitrogens with zero attached hydrogens (tertiary/aromatic N) is 2. The Balaban J connectivity index is 0.00000140. The van der Waals surface area contributed by atoms with E-state index in [1.54, 1.807) is 0 Å². The summed E-state index contributed by atoms with van der Waals surface area (Å²) in [5.41, 5.74) is 2.43. The summed E-state index contributed by atoms with van der Waals surface area (Å²) in [4.78, 5) is 5.19. The molecule has 2 heterocycles. The first-order valence-electron chi connectivity index (χ1n) is 13.7. The maximum Gasteiger partial charge on any atom is 0.165 e. The van der Waals surface area contributed by atoms with Crippen molar-refractivity contribution >= 4 is 24.8 Å². The van der Waals surface area contributed by atoms with Crippen molar-refractivity contribution in [3.05, 3.63) is 59.2 Å². The van der Waals surface area contributed by atoms with E-state index in [1.807, 2.05) is 6.07 Å². The molecule has 2 aliphatic heterocycles. The second-order valence-corrected chi connectivity index (χ2v) is 12.1. The van der Waals surface area contributed by atoms with Crippen molar-refractivity contribution in [2.24, 2.45) is 5.92 Å². The van der Waals surface area contributed by atoms with Crippen molar-refractivity contribution in [1.29, 1.82) is 0 Å². The summed E-state index contributed by atoms with van der Waals surface area (Å²) in [7, 11) is 0. The van der Waals surface area contributed by atoms with Gasteiger partial charge in [-0.3, -0.25) is 9.80 Å². The lowest BCUT2D eigenvalue weighted by atomic mass is 9.48. The lowest BCUT2D eigenvalue weighted by Crippen LogP contribution is -2.78. The molecule has 2 saturated carbocycles. The standard InChI is InChI=1S/C30H38N2O3.2ClH/c1-19(2)32(18-20-6-4-3-5-7-20)23-12-13-30(34)25-16-22-10-11-24(33)27-26(22)29(30,28(23)35-27)14-15-31(25)17-21-8-9-21;;/h3-7,10-11,19,21,23,25,28,33-34H,8-9,12-18H2,1-2H3;2*1H/t23-,25-,28+,29+,30-;;/m1../s1. The Morgan fingerprint density at radius 3 is 2.51 bits per heavy atom. The fourth-order valence-electron chi connectivity index (χ4n) is 8.27. The highest BCUT2D eigenvalue weighted by molar-refractivity contribution is 5.85. The summed E-state index contributed by atoms with van der Waals surface area (Å²) in [6.07, 6.45) is 5.96. The molecule has 37 heavy (non-hydrogen) atoms. The van der Waals surface area contributed by atoms with Crippen LogP contribution in [0.2, 0.25) is 0 Å². The molecule has 202 valence electrons. The molecule has 1 saturated heterocycles. The van der Waals surface area contributed by atoms with Crippen LogP contribution in [0.15, 0.2) is 42.5 Å². The Morgan fingerprint density at radius 1 is 1.05 bits per heavy atom. The number of rotatable bonds is 6. The number of piperidine rings is 1. The Hall–Kier alpha value is -1.50. The van der Waals surface area contributed by atoms with Crippen molar-refractivity contribution in [3.63, 3.8) is 0 Å². The first-order valence-corrected chi connectivity index (χ1v) is 13.7. The van der Waals surface area contributed by atoms with Crippen LogP contribution in [0.5, 0.6) is 11.5 Å². The van der Waals surface area contributed by atoms with E-state index < -0.39 is 11.0 Å². The number of aliphatic hydroxyl groups is 1. The number of halogens is 2. The largest absolute Gasteiger partial charge is 0.504 e. The molecular formula is C30H40Cl2N2O3. The molecule has 3 fully saturated rings. The minimum absolute atomic E-state index is 0. The first-order chi connectivity index (χ1) is 16.9. The molecule has 2 aromatic carbocycles. The van der Waals surface area contributed by atoms with Crippen LogP contribution in [-0.4, -0.2) is 62.9 Å². The number of ether oxygens (including phenoxy) is 1. The molecular weight excluding hydrogens is 507 g/mol. The number of hydrogen-bond donors (Lipinski definition) is 2. The highest BCUT2D eigenvalue weighted by Crippen LogP contribution is 2.66. The summed E-state index contributed by atoms with van der Waals surface area (Å²) in [6, 6.07) is 15.3. The van der Waals surface area contributed by atoms with Crippen molar-refractivity contribution in [2.75, 3.05) is 13.1 Å². The number of aromatic hydroxyl groups is 1. The second kappa shape index (κ2) is 9.60. The van der Waals surface area contributed by atoms with E-state index in [0.29, 0.717) is 11.8 Å². The second-order valence-electron chi connectivity index (χ2n) is 12.1. The first kappa shape index (κ1) is 27.1. The van der Waals surface area contributed by atoms with Crippen LogP contribution >= 0.6 is 24.8 Å². The molecule has 3 aliphatic carbocycles. The summed E-state index contributed by atoms with van der Waals surface area (Å²) in [5.74, 6) is 1.68. The zero-order valence-corrected chi connectivity index (χ0v) is 23.4. The Morgan fingerprint density at radius 2 is 1.81 bits per heavy atom. The van der Waals surface area contributed by atoms with E-state index >= 15 is 0 Å². The van der Waals surface area contributed by atoms with Gasteiger partial charge in [0.2, 0.25) is 0 Å². The topological polar surface area (TPSA) is 56.2 Å². The molecule has 7 rings (SSSR count). The van der Waals surface area contributed by atoms with Crippen LogP contribution in [0.4, 0.5) is 0 Å². The van der Waals surface area contributed by atoms with Crippen LogP contribution in [0.25, 0.3) is 0 Å². The van der Waals surface area contributed by atoms with Gasteiger partial charge in [-0.05, 0) is 82.0 Å². The number of phenols is 1. The fourth-order valence-corrected chi connectivity index (χ4v) is 8.27. The van der Waals surface area contributed by atoms with Crippen LogP contribution in [0, 0.1) is 5.92 Å². The number of phenolic OH excluding ortho intramolecular Hbond substituents is 1. The highest BCUT2D eigenvalue weighted by atomic mass is 35.5. The van der Waals surface area contributed by atoms with Gasteiger partial charge in [0.05, 0.1) is 11.0 Å². The number of hydrogen-bond acceptors (Lipinski definition) is 5. The third kappa shape index (κ3) is 3.83. The van der Waals surface area contributed by atoms with Gasteiger partial charge in [0.25, 0.3) is 0 Å². The van der Waals surface area contributed by atoms with Crippen LogP contribution in [-0.2, 0) is 18.4 Å². The summed E-state index contributed by atoms with van der Waals surface area (Å²) in [5, 5.41) is 23.6. The van der Waals surface area contributed by atoms with Gasteiger partial charge in [0, 0.05) is 36.8 Å². The Labute approximate surface area is 233 Å². The molecule has 0 radical (unpaired) electrons. The lowest BCUT2D eigenvalue weighted by Gasteiger charge is -2.65. The van der Waals surface area contributed by atoms with Gasteiger partial charge in [-0.15, -0.1) is 24.8 Å². The van der Waals surface area contributed by atoms with Crippen molar-refractivity contribution in [3.8, 4) is 11.5 Å². The average molecular weight is 548 g/mol. The molecule has 7 heteroatoms. The van der Waals surface area contributed by atoms with Crippen molar-refractivity contribution < 1.29 is 14.9 Å². The van der Waals surface area contributed by atoms with Gasteiger partial charge in [-0.25, -0.2) is 0 Å². The predicted octanol–water partition coefficient (Wildman–Crippen LogP) is 5.08. The number of benzene rings is 2. The molecule has 2 N–H and O–H groups in total. The summed E-state index contributed by atoms with van der Waals surface area (Å²) >= 11 is 0. The van der Waals surface area contributed by atoms with Gasteiger partial charge in [0.15, 0.2) is 11.5 Å². The van der Waals surface area contributed by atoms with Crippen molar-refractivity contribution in [2.45, 2.75) is 94.2 Å². The van der Waals surface area contributed by atoms with E-state index in [-0.39, 0.29) is 48.8 Å². The van der Waals surface area contributed by atoms with Crippen LogP contribution in [0.1, 0.15) is 62.6 Å². The third-order valence-electron chi connectivity index (χ3n) is 10.0. The Bertz CT molecular complexity index is 1140. The number of likely N-dealkylation sites (tertiary alicyclic amines) is 1. The van der Waals surface area contributed by atoms with E-state index in [9.17, 15) is 10.2 Å². The van der Waals surface area contributed by atoms with Crippen LogP contribution < -0.4 is 4.74 Å². The normalized spacial score (nSPS) is 33.4. The van der Waals surface area contributed by atoms with Gasteiger partial charge in [0.1, 0.15) is 6.10 Å². The van der Waals surface area contributed by atoms with Gasteiger partial charge in [-0.2, -0.15) is 0 Å². The van der Waals surface area contributed by atoms with Gasteiger partial charge in [-0.1, -0.05) is 36.4 Å². The average Bonchev–Trinajstić information content (AvgIpc) is 3.59. The maximum atomic E-state index is 12.7. The molecule has 2 bridgehead atoms. The fraction of sp³-hybridized carbons (Fsp3) is 0.600. The van der Waals surface area contributed by atoms with E-state index in [2.05, 4.69) is 60.0 Å². The molecule has 0 amide bonds.